The fourth-order valence-corrected chi connectivity index (χ4v) is 5.08. The number of carbonyl (C=O) groups excluding carboxylic acids is 1. The number of carbonyl (C=O) groups is 1. The van der Waals surface area contributed by atoms with Gasteiger partial charge in [-0.05, 0) is 80.8 Å². The molecule has 2 aromatic rings. The van der Waals surface area contributed by atoms with Crippen LogP contribution in [0.3, 0.4) is 0 Å². The minimum Gasteiger partial charge on any atom is -0.372 e. The Hall–Kier alpha value is -2.52. The number of nitrogens with zero attached hydrogens (tertiary/aromatic N) is 3. The largest absolute Gasteiger partial charge is 0.372 e. The number of thioether (sulfide) groups is 1. The first-order chi connectivity index (χ1) is 14.2. The highest BCUT2D eigenvalue weighted by Crippen LogP contribution is 2.31. The molecule has 1 N–H and O–H groups in total. The average Bonchev–Trinajstić information content (AvgIpc) is 3.22. The summed E-state index contributed by atoms with van der Waals surface area (Å²) in [5, 5.41) is 13.2. The fraction of sp³-hybridized carbons (Fsp3) is 0.435. The van der Waals surface area contributed by atoms with E-state index in [9.17, 15) is 10.1 Å². The first kappa shape index (κ1) is 19.8. The van der Waals surface area contributed by atoms with Crippen LogP contribution in [0.1, 0.15) is 48.1 Å². The van der Waals surface area contributed by atoms with Crippen molar-refractivity contribution < 1.29 is 4.79 Å². The summed E-state index contributed by atoms with van der Waals surface area (Å²) in [6, 6.07) is 10.4. The summed E-state index contributed by atoms with van der Waals surface area (Å²) < 4.78 is 0. The Bertz CT molecular complexity index is 943. The van der Waals surface area contributed by atoms with Gasteiger partial charge in [0.05, 0.1) is 11.3 Å². The number of piperidine rings is 1. The lowest BCUT2D eigenvalue weighted by Crippen LogP contribution is -2.29. The van der Waals surface area contributed by atoms with Gasteiger partial charge in [0.1, 0.15) is 11.1 Å². The molecule has 1 fully saturated rings. The smallest absolute Gasteiger partial charge is 0.234 e. The van der Waals surface area contributed by atoms with Crippen LogP contribution in [-0.4, -0.2) is 29.7 Å². The Labute approximate surface area is 176 Å². The van der Waals surface area contributed by atoms with E-state index in [1.54, 1.807) is 0 Å². The molecule has 1 aromatic carbocycles. The second-order valence-corrected chi connectivity index (χ2v) is 8.70. The van der Waals surface area contributed by atoms with Crippen molar-refractivity contribution in [3.63, 3.8) is 0 Å². The molecular formula is C23H26N4OS. The molecule has 0 saturated carbocycles. The average molecular weight is 407 g/mol. The summed E-state index contributed by atoms with van der Waals surface area (Å²) in [6.07, 6.45) is 6.87. The second-order valence-electron chi connectivity index (χ2n) is 7.74. The molecular weight excluding hydrogens is 380 g/mol. The summed E-state index contributed by atoms with van der Waals surface area (Å²) in [7, 11) is 0. The topological polar surface area (TPSA) is 69.0 Å². The van der Waals surface area contributed by atoms with Gasteiger partial charge in [-0.15, -0.1) is 0 Å². The Morgan fingerprint density at radius 1 is 1.17 bits per heavy atom. The quantitative estimate of drug-likeness (QED) is 0.742. The van der Waals surface area contributed by atoms with Crippen LogP contribution in [0.25, 0.3) is 0 Å². The first-order valence-electron chi connectivity index (χ1n) is 10.4. The zero-order chi connectivity index (χ0) is 20.2. The Morgan fingerprint density at radius 3 is 2.66 bits per heavy atom. The van der Waals surface area contributed by atoms with Gasteiger partial charge >= 0.3 is 0 Å². The molecule has 1 aliphatic heterocycles. The number of fused-ring (bicyclic) bond motifs is 1. The minimum absolute atomic E-state index is 0.0791. The van der Waals surface area contributed by atoms with E-state index in [1.807, 2.05) is 19.1 Å². The van der Waals surface area contributed by atoms with Crippen LogP contribution in [0.4, 0.5) is 11.4 Å². The van der Waals surface area contributed by atoms with Gasteiger partial charge in [0, 0.05) is 30.2 Å². The molecule has 1 aromatic heterocycles. The van der Waals surface area contributed by atoms with Crippen molar-refractivity contribution in [3.8, 4) is 6.07 Å². The molecule has 1 amide bonds. The van der Waals surface area contributed by atoms with Gasteiger partial charge in [0.2, 0.25) is 5.91 Å². The standard InChI is InChI=1S/C23H26N4OS/c1-16-19-6-5-7-21(19)26-23(20(16)14-24)29-15-22(28)25-17-8-10-18(11-9-17)27-12-3-2-4-13-27/h8-11H,2-7,12-13,15H2,1H3,(H,25,28). The van der Waals surface area contributed by atoms with Crippen molar-refractivity contribution in [1.29, 1.82) is 5.26 Å². The van der Waals surface area contributed by atoms with E-state index in [2.05, 4.69) is 33.4 Å². The number of benzene rings is 1. The SMILES string of the molecule is Cc1c(C#N)c(SCC(=O)Nc2ccc(N3CCCCC3)cc2)nc2c1CCC2. The van der Waals surface area contributed by atoms with Gasteiger partial charge in [-0.2, -0.15) is 5.26 Å². The van der Waals surface area contributed by atoms with Gasteiger partial charge in [0.25, 0.3) is 0 Å². The molecule has 6 heteroatoms. The van der Waals surface area contributed by atoms with Gasteiger partial charge < -0.3 is 10.2 Å². The predicted octanol–water partition coefficient (Wildman–Crippen LogP) is 4.47. The third-order valence-corrected chi connectivity index (χ3v) is 6.77. The Balaban J connectivity index is 1.37. The molecule has 1 aliphatic carbocycles. The zero-order valence-electron chi connectivity index (χ0n) is 16.8. The molecule has 0 radical (unpaired) electrons. The molecule has 5 nitrogen and oxygen atoms in total. The summed E-state index contributed by atoms with van der Waals surface area (Å²) in [5.41, 5.74) is 5.99. The predicted molar refractivity (Wildman–Crippen MR) is 118 cm³/mol. The maximum absolute atomic E-state index is 12.4. The van der Waals surface area contributed by atoms with Crippen molar-refractivity contribution >= 4 is 29.0 Å². The van der Waals surface area contributed by atoms with Gasteiger partial charge in [-0.3, -0.25) is 4.79 Å². The van der Waals surface area contributed by atoms with Gasteiger partial charge in [-0.25, -0.2) is 4.98 Å². The number of hydrogen-bond donors (Lipinski definition) is 1. The minimum atomic E-state index is -0.0791. The zero-order valence-corrected chi connectivity index (χ0v) is 17.6. The normalized spacial score (nSPS) is 15.7. The van der Waals surface area contributed by atoms with E-state index in [0.717, 1.165) is 49.3 Å². The molecule has 150 valence electrons. The van der Waals surface area contributed by atoms with Gasteiger partial charge in [-0.1, -0.05) is 11.8 Å². The Kier molecular flexibility index (Phi) is 6.05. The van der Waals surface area contributed by atoms with Crippen molar-refractivity contribution in [2.45, 2.75) is 50.5 Å². The number of anilines is 2. The highest BCUT2D eigenvalue weighted by Gasteiger charge is 2.21. The van der Waals surface area contributed by atoms with Crippen LogP contribution in [0.15, 0.2) is 29.3 Å². The van der Waals surface area contributed by atoms with Gasteiger partial charge in [0.15, 0.2) is 0 Å². The number of rotatable bonds is 5. The molecule has 2 heterocycles. The van der Waals surface area contributed by atoms with Crippen LogP contribution >= 0.6 is 11.8 Å². The summed E-state index contributed by atoms with van der Waals surface area (Å²) in [6.45, 7) is 4.21. The summed E-state index contributed by atoms with van der Waals surface area (Å²) >= 11 is 1.35. The third-order valence-electron chi connectivity index (χ3n) is 5.79. The van der Waals surface area contributed by atoms with E-state index in [4.69, 9.17) is 0 Å². The lowest BCUT2D eigenvalue weighted by molar-refractivity contribution is -0.113. The maximum atomic E-state index is 12.4. The van der Waals surface area contributed by atoms with Crippen LogP contribution < -0.4 is 10.2 Å². The van der Waals surface area contributed by atoms with Crippen molar-refractivity contribution in [2.24, 2.45) is 0 Å². The number of nitrogens with one attached hydrogen (secondary N) is 1. The Morgan fingerprint density at radius 2 is 1.93 bits per heavy atom. The fourth-order valence-electron chi connectivity index (χ4n) is 4.22. The number of amides is 1. The summed E-state index contributed by atoms with van der Waals surface area (Å²) in [4.78, 5) is 19.5. The first-order valence-corrected chi connectivity index (χ1v) is 11.3. The van der Waals surface area contributed by atoms with Crippen molar-refractivity contribution in [1.82, 2.24) is 4.98 Å². The van der Waals surface area contributed by atoms with Crippen LogP contribution in [0.2, 0.25) is 0 Å². The van der Waals surface area contributed by atoms with E-state index in [-0.39, 0.29) is 11.7 Å². The monoisotopic (exact) mass is 406 g/mol. The van der Waals surface area contributed by atoms with E-state index in [1.165, 1.54) is 42.3 Å². The third kappa shape index (κ3) is 4.40. The highest BCUT2D eigenvalue weighted by molar-refractivity contribution is 8.00. The van der Waals surface area contributed by atoms with Crippen molar-refractivity contribution in [3.05, 3.63) is 46.6 Å². The van der Waals surface area contributed by atoms with E-state index < -0.39 is 0 Å². The highest BCUT2D eigenvalue weighted by atomic mass is 32.2. The van der Waals surface area contributed by atoms with E-state index in [0.29, 0.717) is 10.6 Å². The van der Waals surface area contributed by atoms with Crippen LogP contribution in [-0.2, 0) is 17.6 Å². The lowest BCUT2D eigenvalue weighted by atomic mass is 10.0. The molecule has 0 bridgehead atoms. The van der Waals surface area contributed by atoms with Crippen LogP contribution in [0, 0.1) is 18.3 Å². The van der Waals surface area contributed by atoms with Crippen LogP contribution in [0.5, 0.6) is 0 Å². The molecule has 29 heavy (non-hydrogen) atoms. The molecule has 2 aliphatic rings. The van der Waals surface area contributed by atoms with Crippen molar-refractivity contribution in [2.75, 3.05) is 29.1 Å². The number of hydrogen-bond acceptors (Lipinski definition) is 5. The molecule has 4 rings (SSSR count). The number of pyridine rings is 1. The number of nitriles is 1. The number of aryl methyl sites for hydroxylation is 1. The molecule has 0 spiro atoms. The second kappa shape index (κ2) is 8.87. The summed E-state index contributed by atoms with van der Waals surface area (Å²) in [5.74, 6) is 0.165. The molecule has 1 saturated heterocycles. The van der Waals surface area contributed by atoms with E-state index >= 15 is 0 Å². The molecule has 0 atom stereocenters. The maximum Gasteiger partial charge on any atom is 0.234 e. The molecule has 0 unspecified atom stereocenters. The lowest BCUT2D eigenvalue weighted by Gasteiger charge is -2.28. The number of aromatic nitrogens is 1.